The molecule has 0 bridgehead atoms. The molecule has 4 rings (SSSR count). The summed E-state index contributed by atoms with van der Waals surface area (Å²) in [6.45, 7) is 2.84. The van der Waals surface area contributed by atoms with Gasteiger partial charge in [0.25, 0.3) is 5.56 Å². The first-order valence-electron chi connectivity index (χ1n) is 11.2. The van der Waals surface area contributed by atoms with Crippen molar-refractivity contribution < 1.29 is 9.53 Å². The number of methoxy groups -OCH3 is 1. The Labute approximate surface area is 188 Å². The number of carbonyl (C=O) groups excluding carboxylic acids is 1. The van der Waals surface area contributed by atoms with Gasteiger partial charge in [0.05, 0.1) is 7.11 Å². The number of H-pyrrole nitrogens is 1. The second kappa shape index (κ2) is 9.99. The number of aromatic amines is 1. The fraction of sp³-hybridized carbons (Fsp3) is 0.458. The quantitative estimate of drug-likeness (QED) is 0.584. The van der Waals surface area contributed by atoms with Crippen molar-refractivity contribution in [1.82, 2.24) is 20.2 Å². The molecule has 0 unspecified atom stereocenters. The number of hydrogen-bond donors (Lipinski definition) is 2. The molecular weight excluding hydrogens is 406 g/mol. The summed E-state index contributed by atoms with van der Waals surface area (Å²) in [5, 5.41) is 3.01. The van der Waals surface area contributed by atoms with Crippen LogP contribution in [0.25, 0.3) is 11.1 Å². The first kappa shape index (κ1) is 22.1. The largest absolute Gasteiger partial charge is 0.481 e. The molecule has 2 aromatic rings. The van der Waals surface area contributed by atoms with Crippen LogP contribution in [0, 0.1) is 5.92 Å². The van der Waals surface area contributed by atoms with E-state index < -0.39 is 0 Å². The van der Waals surface area contributed by atoms with Crippen molar-refractivity contribution >= 4 is 11.6 Å². The molecular formula is C24H31N5O3. The van der Waals surface area contributed by atoms with Crippen LogP contribution in [0.2, 0.25) is 0 Å². The Bertz CT molecular complexity index is 1030. The average Bonchev–Trinajstić information content (AvgIpc) is 3.51. The van der Waals surface area contributed by atoms with Crippen molar-refractivity contribution in [3.05, 3.63) is 53.1 Å². The molecule has 0 aromatic carbocycles. The third-order valence-electron chi connectivity index (χ3n) is 6.12. The number of amides is 1. The van der Waals surface area contributed by atoms with Gasteiger partial charge in [-0.05, 0) is 49.9 Å². The van der Waals surface area contributed by atoms with Gasteiger partial charge in [0.2, 0.25) is 11.8 Å². The van der Waals surface area contributed by atoms with Crippen LogP contribution in [-0.4, -0.2) is 67.2 Å². The number of carbonyl (C=O) groups is 1. The number of nitrogens with zero attached hydrogens (tertiary/aromatic N) is 3. The zero-order valence-corrected chi connectivity index (χ0v) is 18.7. The summed E-state index contributed by atoms with van der Waals surface area (Å²) in [6.07, 6.45) is 10.1. The van der Waals surface area contributed by atoms with Crippen molar-refractivity contribution in [3.8, 4) is 17.0 Å². The molecule has 0 radical (unpaired) electrons. The topological polar surface area (TPSA) is 90.6 Å². The molecule has 1 saturated carbocycles. The Hall–Kier alpha value is -3.13. The predicted octanol–water partition coefficient (Wildman–Crippen LogP) is 2.04. The summed E-state index contributed by atoms with van der Waals surface area (Å²) in [7, 11) is 3.44. The third kappa shape index (κ3) is 5.19. The summed E-state index contributed by atoms with van der Waals surface area (Å²) in [6, 6.07) is 5.84. The lowest BCUT2D eigenvalue weighted by Gasteiger charge is -2.31. The van der Waals surface area contributed by atoms with E-state index in [1.165, 1.54) is 12.8 Å². The smallest absolute Gasteiger partial charge is 0.271 e. The van der Waals surface area contributed by atoms with E-state index >= 15 is 0 Å². The maximum absolute atomic E-state index is 12.9. The van der Waals surface area contributed by atoms with E-state index in [4.69, 9.17) is 4.74 Å². The molecule has 8 nitrogen and oxygen atoms in total. The molecule has 2 aromatic heterocycles. The van der Waals surface area contributed by atoms with Gasteiger partial charge in [0, 0.05) is 62.3 Å². The normalized spacial score (nSPS) is 18.3. The first-order chi connectivity index (χ1) is 15.6. The van der Waals surface area contributed by atoms with Crippen molar-refractivity contribution in [2.75, 3.05) is 45.2 Å². The summed E-state index contributed by atoms with van der Waals surface area (Å²) < 4.78 is 5.25. The molecule has 2 aliphatic rings. The number of anilines is 1. The molecule has 3 heterocycles. The second-order valence-corrected chi connectivity index (χ2v) is 8.47. The Balaban J connectivity index is 1.58. The average molecular weight is 438 g/mol. The van der Waals surface area contributed by atoms with Crippen molar-refractivity contribution in [1.29, 1.82) is 0 Å². The van der Waals surface area contributed by atoms with E-state index in [2.05, 4.69) is 20.2 Å². The van der Waals surface area contributed by atoms with Crippen LogP contribution < -0.4 is 20.5 Å². The molecule has 2 N–H and O–H groups in total. The number of aromatic nitrogens is 2. The SMILES string of the molecule is CNCC=CC(=O)N1CC[C@H](N(CC2CC2)c2cc(-c3ccnc(OC)c3)c[nH]c2=O)C1. The van der Waals surface area contributed by atoms with Crippen molar-refractivity contribution in [2.24, 2.45) is 5.92 Å². The van der Waals surface area contributed by atoms with E-state index in [-0.39, 0.29) is 17.5 Å². The van der Waals surface area contributed by atoms with Gasteiger partial charge in [-0.3, -0.25) is 9.59 Å². The lowest BCUT2D eigenvalue weighted by atomic mass is 10.1. The fourth-order valence-corrected chi connectivity index (χ4v) is 4.15. The monoisotopic (exact) mass is 437 g/mol. The fourth-order valence-electron chi connectivity index (χ4n) is 4.15. The molecule has 1 saturated heterocycles. The predicted molar refractivity (Wildman–Crippen MR) is 125 cm³/mol. The number of nitrogens with one attached hydrogen (secondary N) is 2. The maximum atomic E-state index is 12.9. The minimum absolute atomic E-state index is 0.0284. The van der Waals surface area contributed by atoms with Crippen LogP contribution in [0.4, 0.5) is 5.69 Å². The maximum Gasteiger partial charge on any atom is 0.271 e. The van der Waals surface area contributed by atoms with E-state index in [1.807, 2.05) is 36.2 Å². The van der Waals surface area contributed by atoms with E-state index in [9.17, 15) is 9.59 Å². The van der Waals surface area contributed by atoms with Crippen LogP contribution in [0.5, 0.6) is 5.88 Å². The van der Waals surface area contributed by atoms with Gasteiger partial charge in [-0.1, -0.05) is 6.08 Å². The van der Waals surface area contributed by atoms with Crippen LogP contribution in [0.15, 0.2) is 47.5 Å². The van der Waals surface area contributed by atoms with Crippen molar-refractivity contribution in [2.45, 2.75) is 25.3 Å². The Morgan fingerprint density at radius 3 is 2.94 bits per heavy atom. The molecule has 1 atom stereocenters. The third-order valence-corrected chi connectivity index (χ3v) is 6.12. The molecule has 1 aliphatic carbocycles. The summed E-state index contributed by atoms with van der Waals surface area (Å²) in [5.74, 6) is 1.17. The highest BCUT2D eigenvalue weighted by Gasteiger charge is 2.34. The van der Waals surface area contributed by atoms with Gasteiger partial charge in [-0.15, -0.1) is 0 Å². The molecule has 8 heteroatoms. The molecule has 2 fully saturated rings. The van der Waals surface area contributed by atoms with Gasteiger partial charge in [-0.2, -0.15) is 0 Å². The summed E-state index contributed by atoms with van der Waals surface area (Å²) in [4.78, 5) is 36.6. The first-order valence-corrected chi connectivity index (χ1v) is 11.2. The zero-order chi connectivity index (χ0) is 22.5. The Morgan fingerprint density at radius 1 is 1.34 bits per heavy atom. The van der Waals surface area contributed by atoms with Crippen LogP contribution >= 0.6 is 0 Å². The summed E-state index contributed by atoms with van der Waals surface area (Å²) in [5.41, 5.74) is 2.39. The molecule has 32 heavy (non-hydrogen) atoms. The van der Waals surface area contributed by atoms with Gasteiger partial charge in [0.1, 0.15) is 5.69 Å². The highest BCUT2D eigenvalue weighted by molar-refractivity contribution is 5.88. The van der Waals surface area contributed by atoms with E-state index in [1.54, 1.807) is 25.6 Å². The number of rotatable bonds is 9. The highest BCUT2D eigenvalue weighted by Crippen LogP contribution is 2.34. The second-order valence-electron chi connectivity index (χ2n) is 8.47. The van der Waals surface area contributed by atoms with Crippen LogP contribution in [0.1, 0.15) is 19.3 Å². The van der Waals surface area contributed by atoms with Crippen LogP contribution in [0.3, 0.4) is 0 Å². The molecule has 1 aliphatic heterocycles. The van der Waals surface area contributed by atoms with Gasteiger partial charge in [-0.25, -0.2) is 4.98 Å². The standard InChI is InChI=1S/C24H31N5O3/c1-25-9-3-4-23(30)28-11-8-20(16-28)29(15-17-5-6-17)21-12-19(14-27-24(21)31)18-7-10-26-22(13-18)32-2/h3-4,7,10,12-14,17,20,25H,5-6,8-9,11,15-16H2,1-2H3,(H,27,31)/t20-/m0/s1. The van der Waals surface area contributed by atoms with Crippen LogP contribution in [-0.2, 0) is 4.79 Å². The van der Waals surface area contributed by atoms with Crippen molar-refractivity contribution in [3.63, 3.8) is 0 Å². The number of likely N-dealkylation sites (tertiary alicyclic amines) is 1. The lowest BCUT2D eigenvalue weighted by molar-refractivity contribution is -0.125. The molecule has 1 amide bonds. The number of hydrogen-bond acceptors (Lipinski definition) is 6. The number of ether oxygens (including phenoxy) is 1. The molecule has 0 spiro atoms. The zero-order valence-electron chi connectivity index (χ0n) is 18.7. The van der Waals surface area contributed by atoms with Gasteiger partial charge < -0.3 is 24.8 Å². The lowest BCUT2D eigenvalue weighted by Crippen LogP contribution is -2.42. The van der Waals surface area contributed by atoms with E-state index in [0.29, 0.717) is 37.1 Å². The minimum Gasteiger partial charge on any atom is -0.481 e. The number of pyridine rings is 2. The van der Waals surface area contributed by atoms with E-state index in [0.717, 1.165) is 24.1 Å². The Kier molecular flexibility index (Phi) is 6.90. The highest BCUT2D eigenvalue weighted by atomic mass is 16.5. The van der Waals surface area contributed by atoms with Gasteiger partial charge in [0.15, 0.2) is 0 Å². The Morgan fingerprint density at radius 2 is 2.19 bits per heavy atom. The minimum atomic E-state index is -0.103. The number of likely N-dealkylation sites (N-methyl/N-ethyl adjacent to an activating group) is 1. The molecule has 170 valence electrons. The summed E-state index contributed by atoms with van der Waals surface area (Å²) >= 11 is 0. The van der Waals surface area contributed by atoms with Gasteiger partial charge >= 0.3 is 0 Å².